The number of hydrogen-bond donors (Lipinski definition) is 1. The predicted octanol–water partition coefficient (Wildman–Crippen LogP) is 4.02. The van der Waals surface area contributed by atoms with E-state index in [-0.39, 0.29) is 5.91 Å². The second-order valence-corrected chi connectivity index (χ2v) is 5.25. The smallest absolute Gasteiger partial charge is 0.259 e. The van der Waals surface area contributed by atoms with Crippen molar-refractivity contribution < 1.29 is 19.0 Å². The first-order chi connectivity index (χ1) is 11.7. The van der Waals surface area contributed by atoms with E-state index >= 15 is 0 Å². The molecule has 0 aliphatic heterocycles. The second-order valence-electron chi connectivity index (χ2n) is 4.84. The zero-order chi connectivity index (χ0) is 17.4. The molecule has 1 amide bonds. The number of methoxy groups -OCH3 is 1. The molecule has 0 saturated heterocycles. The van der Waals surface area contributed by atoms with Gasteiger partial charge in [-0.1, -0.05) is 23.7 Å². The average molecular weight is 350 g/mol. The number of ether oxygens (including phenoxy) is 3. The third-order valence-electron chi connectivity index (χ3n) is 3.23. The van der Waals surface area contributed by atoms with Crippen molar-refractivity contribution in [3.63, 3.8) is 0 Å². The Morgan fingerprint density at radius 2 is 1.92 bits per heavy atom. The van der Waals surface area contributed by atoms with E-state index in [2.05, 4.69) is 5.32 Å². The highest BCUT2D eigenvalue weighted by molar-refractivity contribution is 6.32. The van der Waals surface area contributed by atoms with Gasteiger partial charge in [0, 0.05) is 12.3 Å². The topological polar surface area (TPSA) is 56.8 Å². The van der Waals surface area contributed by atoms with Crippen molar-refractivity contribution in [2.45, 2.75) is 6.92 Å². The molecule has 0 aliphatic carbocycles. The molecule has 5 nitrogen and oxygen atoms in total. The molecule has 0 aliphatic rings. The van der Waals surface area contributed by atoms with Crippen molar-refractivity contribution in [2.75, 3.05) is 32.2 Å². The summed E-state index contributed by atoms with van der Waals surface area (Å²) in [4.78, 5) is 12.5. The summed E-state index contributed by atoms with van der Waals surface area (Å²) in [6, 6.07) is 12.1. The summed E-state index contributed by atoms with van der Waals surface area (Å²) >= 11 is 6.07. The molecule has 0 radical (unpaired) electrons. The van der Waals surface area contributed by atoms with Crippen molar-refractivity contribution >= 4 is 23.2 Å². The minimum atomic E-state index is -0.275. The van der Waals surface area contributed by atoms with Gasteiger partial charge in [0.1, 0.15) is 18.1 Å². The van der Waals surface area contributed by atoms with Gasteiger partial charge >= 0.3 is 0 Å². The molecule has 2 aromatic carbocycles. The van der Waals surface area contributed by atoms with Crippen molar-refractivity contribution in [2.24, 2.45) is 0 Å². The number of nitrogens with one attached hydrogen (secondary N) is 1. The van der Waals surface area contributed by atoms with Gasteiger partial charge in [0.25, 0.3) is 5.91 Å². The lowest BCUT2D eigenvalue weighted by Gasteiger charge is -2.12. The van der Waals surface area contributed by atoms with Crippen LogP contribution in [-0.2, 0) is 4.74 Å². The Morgan fingerprint density at radius 3 is 2.62 bits per heavy atom. The molecule has 2 rings (SSSR count). The Hall–Kier alpha value is -2.24. The first-order valence-electron chi connectivity index (χ1n) is 7.60. The Labute approximate surface area is 146 Å². The predicted molar refractivity (Wildman–Crippen MR) is 94.4 cm³/mol. The van der Waals surface area contributed by atoms with Crippen molar-refractivity contribution in [1.29, 1.82) is 0 Å². The monoisotopic (exact) mass is 349 g/mol. The minimum absolute atomic E-state index is 0.275. The molecule has 0 heterocycles. The lowest BCUT2D eigenvalue weighted by atomic mass is 10.2. The van der Waals surface area contributed by atoms with Crippen LogP contribution in [-0.4, -0.2) is 32.8 Å². The van der Waals surface area contributed by atoms with E-state index in [0.29, 0.717) is 47.6 Å². The SMILES string of the molecule is CCOCCOc1ccccc1C(=O)Nc1ccc(OC)c(Cl)c1. The molecule has 0 saturated carbocycles. The van der Waals surface area contributed by atoms with Crippen LogP contribution in [0.2, 0.25) is 5.02 Å². The van der Waals surface area contributed by atoms with Gasteiger partial charge in [0.2, 0.25) is 0 Å². The van der Waals surface area contributed by atoms with Crippen LogP contribution in [0.15, 0.2) is 42.5 Å². The van der Waals surface area contributed by atoms with Gasteiger partial charge in [-0.15, -0.1) is 0 Å². The van der Waals surface area contributed by atoms with Gasteiger partial charge in [-0.2, -0.15) is 0 Å². The number of amides is 1. The first-order valence-corrected chi connectivity index (χ1v) is 7.98. The molecule has 0 bridgehead atoms. The Kier molecular flexibility index (Phi) is 6.90. The van der Waals surface area contributed by atoms with Gasteiger partial charge in [-0.05, 0) is 37.3 Å². The van der Waals surface area contributed by atoms with E-state index in [4.69, 9.17) is 25.8 Å². The molecule has 0 atom stereocenters. The van der Waals surface area contributed by atoms with Crippen LogP contribution < -0.4 is 14.8 Å². The van der Waals surface area contributed by atoms with Gasteiger partial charge in [0.15, 0.2) is 0 Å². The van der Waals surface area contributed by atoms with Gasteiger partial charge in [-0.3, -0.25) is 4.79 Å². The van der Waals surface area contributed by atoms with E-state index in [1.54, 1.807) is 36.4 Å². The maximum atomic E-state index is 12.5. The van der Waals surface area contributed by atoms with Crippen LogP contribution >= 0.6 is 11.6 Å². The molecular formula is C18H20ClNO4. The number of para-hydroxylation sites is 1. The average Bonchev–Trinajstić information content (AvgIpc) is 2.59. The molecule has 24 heavy (non-hydrogen) atoms. The Bertz CT molecular complexity index is 690. The van der Waals surface area contributed by atoms with E-state index in [0.717, 1.165) is 0 Å². The molecule has 0 spiro atoms. The molecule has 2 aromatic rings. The standard InChI is InChI=1S/C18H20ClNO4/c1-3-23-10-11-24-16-7-5-4-6-14(16)18(21)20-13-8-9-17(22-2)15(19)12-13/h4-9,12H,3,10-11H2,1-2H3,(H,20,21). The number of anilines is 1. The summed E-state index contributed by atoms with van der Waals surface area (Å²) in [6.45, 7) is 3.40. The zero-order valence-electron chi connectivity index (χ0n) is 13.7. The summed E-state index contributed by atoms with van der Waals surface area (Å²) in [5, 5.41) is 3.23. The van der Waals surface area contributed by atoms with Crippen LogP contribution in [0.4, 0.5) is 5.69 Å². The lowest BCUT2D eigenvalue weighted by molar-refractivity contribution is 0.0998. The van der Waals surface area contributed by atoms with Crippen LogP contribution in [0.3, 0.4) is 0 Å². The van der Waals surface area contributed by atoms with Gasteiger partial charge < -0.3 is 19.5 Å². The normalized spacial score (nSPS) is 10.3. The molecule has 6 heteroatoms. The highest BCUT2D eigenvalue weighted by Crippen LogP contribution is 2.28. The summed E-state index contributed by atoms with van der Waals surface area (Å²) < 4.78 is 16.0. The first kappa shape index (κ1) is 18.1. The number of benzene rings is 2. The number of carbonyl (C=O) groups excluding carboxylic acids is 1. The highest BCUT2D eigenvalue weighted by atomic mass is 35.5. The summed E-state index contributed by atoms with van der Waals surface area (Å²) in [7, 11) is 1.54. The van der Waals surface area contributed by atoms with Crippen molar-refractivity contribution in [1.82, 2.24) is 0 Å². The van der Waals surface area contributed by atoms with Crippen LogP contribution in [0.1, 0.15) is 17.3 Å². The van der Waals surface area contributed by atoms with E-state index in [1.165, 1.54) is 7.11 Å². The van der Waals surface area contributed by atoms with Crippen molar-refractivity contribution in [3.8, 4) is 11.5 Å². The number of carbonyl (C=O) groups is 1. The fourth-order valence-electron chi connectivity index (χ4n) is 2.08. The third-order valence-corrected chi connectivity index (χ3v) is 3.53. The quantitative estimate of drug-likeness (QED) is 0.731. The minimum Gasteiger partial charge on any atom is -0.495 e. The third kappa shape index (κ3) is 4.88. The molecular weight excluding hydrogens is 330 g/mol. The second kappa shape index (κ2) is 9.15. The van der Waals surface area contributed by atoms with Crippen LogP contribution in [0.25, 0.3) is 0 Å². The van der Waals surface area contributed by atoms with E-state index in [9.17, 15) is 4.79 Å². The summed E-state index contributed by atoms with van der Waals surface area (Å²) in [6.07, 6.45) is 0. The Morgan fingerprint density at radius 1 is 1.12 bits per heavy atom. The number of halogens is 1. The maximum absolute atomic E-state index is 12.5. The highest BCUT2D eigenvalue weighted by Gasteiger charge is 2.13. The van der Waals surface area contributed by atoms with Gasteiger partial charge in [0.05, 0.1) is 24.3 Å². The zero-order valence-corrected chi connectivity index (χ0v) is 14.4. The summed E-state index contributed by atoms with van der Waals surface area (Å²) in [5.41, 5.74) is 1.02. The summed E-state index contributed by atoms with van der Waals surface area (Å²) in [5.74, 6) is 0.784. The van der Waals surface area contributed by atoms with Gasteiger partial charge in [-0.25, -0.2) is 0 Å². The van der Waals surface area contributed by atoms with Crippen LogP contribution in [0, 0.1) is 0 Å². The number of hydrogen-bond acceptors (Lipinski definition) is 4. The van der Waals surface area contributed by atoms with E-state index < -0.39 is 0 Å². The van der Waals surface area contributed by atoms with E-state index in [1.807, 2.05) is 13.0 Å². The molecule has 0 unspecified atom stereocenters. The molecule has 0 aromatic heterocycles. The lowest BCUT2D eigenvalue weighted by Crippen LogP contribution is -2.15. The van der Waals surface area contributed by atoms with Crippen molar-refractivity contribution in [3.05, 3.63) is 53.1 Å². The molecule has 1 N–H and O–H groups in total. The Balaban J connectivity index is 2.08. The maximum Gasteiger partial charge on any atom is 0.259 e. The largest absolute Gasteiger partial charge is 0.495 e. The fraction of sp³-hybridized carbons (Fsp3) is 0.278. The number of rotatable bonds is 8. The van der Waals surface area contributed by atoms with Crippen LogP contribution in [0.5, 0.6) is 11.5 Å². The fourth-order valence-corrected chi connectivity index (χ4v) is 2.34. The molecule has 0 fully saturated rings. The molecule has 128 valence electrons.